The summed E-state index contributed by atoms with van der Waals surface area (Å²) >= 11 is 0. The van der Waals surface area contributed by atoms with Gasteiger partial charge in [-0.15, -0.1) is 0 Å². The molecule has 0 aliphatic carbocycles. The van der Waals surface area contributed by atoms with Crippen molar-refractivity contribution in [3.63, 3.8) is 0 Å². The first-order valence-corrected chi connectivity index (χ1v) is 6.93. The Hall–Kier alpha value is -2.08. The van der Waals surface area contributed by atoms with Gasteiger partial charge in [-0.25, -0.2) is 4.98 Å². The van der Waals surface area contributed by atoms with Crippen LogP contribution in [0.25, 0.3) is 0 Å². The van der Waals surface area contributed by atoms with E-state index in [2.05, 4.69) is 44.0 Å². The highest BCUT2D eigenvalue weighted by atomic mass is 15.1. The molecule has 2 aromatic rings. The molecule has 1 aromatic heterocycles. The molecule has 0 aliphatic heterocycles. The minimum Gasteiger partial charge on any atom is -0.334 e. The third-order valence-corrected chi connectivity index (χ3v) is 4.00. The van der Waals surface area contributed by atoms with Crippen molar-refractivity contribution in [1.82, 2.24) is 9.55 Å². The van der Waals surface area contributed by atoms with Crippen molar-refractivity contribution in [2.45, 2.75) is 40.5 Å². The SMILES string of the molecule is Cc1cc(C)c(CCc2c(C#N)nc(C)n2C)c(C)c1. The number of benzene rings is 1. The third kappa shape index (κ3) is 2.60. The van der Waals surface area contributed by atoms with Gasteiger partial charge in [0.25, 0.3) is 0 Å². The van der Waals surface area contributed by atoms with Gasteiger partial charge in [0.2, 0.25) is 0 Å². The fourth-order valence-corrected chi connectivity index (χ4v) is 2.88. The van der Waals surface area contributed by atoms with Gasteiger partial charge in [-0.05, 0) is 57.2 Å². The van der Waals surface area contributed by atoms with E-state index in [1.54, 1.807) is 0 Å². The number of rotatable bonds is 3. The molecule has 3 nitrogen and oxygen atoms in total. The van der Waals surface area contributed by atoms with Gasteiger partial charge in [-0.3, -0.25) is 0 Å². The average Bonchev–Trinajstić information content (AvgIpc) is 2.64. The molecule has 0 spiro atoms. The predicted molar refractivity (Wildman–Crippen MR) is 80.7 cm³/mol. The van der Waals surface area contributed by atoms with Crippen LogP contribution in [0.5, 0.6) is 0 Å². The van der Waals surface area contributed by atoms with Gasteiger partial charge in [0, 0.05) is 7.05 Å². The second kappa shape index (κ2) is 5.50. The number of aryl methyl sites for hydroxylation is 4. The van der Waals surface area contributed by atoms with Gasteiger partial charge in [0.1, 0.15) is 11.9 Å². The zero-order chi connectivity index (χ0) is 14.9. The highest BCUT2D eigenvalue weighted by Gasteiger charge is 2.13. The highest BCUT2D eigenvalue weighted by Crippen LogP contribution is 2.20. The maximum atomic E-state index is 9.17. The van der Waals surface area contributed by atoms with Gasteiger partial charge in [-0.1, -0.05) is 17.7 Å². The second-order valence-corrected chi connectivity index (χ2v) is 5.50. The van der Waals surface area contributed by atoms with Crippen molar-refractivity contribution in [1.29, 1.82) is 5.26 Å². The molecular weight excluding hydrogens is 246 g/mol. The average molecular weight is 267 g/mol. The molecular formula is C17H21N3. The number of hydrogen-bond donors (Lipinski definition) is 0. The summed E-state index contributed by atoms with van der Waals surface area (Å²) in [6.07, 6.45) is 1.80. The Labute approximate surface area is 120 Å². The van der Waals surface area contributed by atoms with Crippen molar-refractivity contribution in [3.8, 4) is 6.07 Å². The van der Waals surface area contributed by atoms with Crippen LogP contribution in [0.4, 0.5) is 0 Å². The predicted octanol–water partition coefficient (Wildman–Crippen LogP) is 3.31. The van der Waals surface area contributed by atoms with Crippen LogP contribution in [-0.4, -0.2) is 9.55 Å². The van der Waals surface area contributed by atoms with E-state index in [4.69, 9.17) is 0 Å². The maximum absolute atomic E-state index is 9.17. The summed E-state index contributed by atoms with van der Waals surface area (Å²) in [5.41, 5.74) is 6.95. The van der Waals surface area contributed by atoms with Crippen molar-refractivity contribution < 1.29 is 0 Å². The van der Waals surface area contributed by atoms with E-state index in [1.165, 1.54) is 22.3 Å². The Balaban J connectivity index is 2.28. The lowest BCUT2D eigenvalue weighted by Gasteiger charge is -2.12. The summed E-state index contributed by atoms with van der Waals surface area (Å²) in [6, 6.07) is 6.65. The molecule has 0 atom stereocenters. The molecule has 1 aromatic carbocycles. The van der Waals surface area contributed by atoms with Crippen molar-refractivity contribution >= 4 is 0 Å². The Morgan fingerprint density at radius 3 is 2.25 bits per heavy atom. The van der Waals surface area contributed by atoms with E-state index < -0.39 is 0 Å². The summed E-state index contributed by atoms with van der Waals surface area (Å²) in [4.78, 5) is 4.30. The largest absolute Gasteiger partial charge is 0.334 e. The molecule has 0 N–H and O–H groups in total. The smallest absolute Gasteiger partial charge is 0.161 e. The second-order valence-electron chi connectivity index (χ2n) is 5.50. The molecule has 104 valence electrons. The Bertz CT molecular complexity index is 664. The summed E-state index contributed by atoms with van der Waals surface area (Å²) in [5, 5.41) is 9.17. The quantitative estimate of drug-likeness (QED) is 0.856. The summed E-state index contributed by atoms with van der Waals surface area (Å²) in [5.74, 6) is 0.897. The fraction of sp³-hybridized carbons (Fsp3) is 0.412. The number of nitriles is 1. The lowest BCUT2D eigenvalue weighted by Crippen LogP contribution is -2.04. The van der Waals surface area contributed by atoms with Crippen LogP contribution in [0.15, 0.2) is 12.1 Å². The van der Waals surface area contributed by atoms with Crippen LogP contribution < -0.4 is 0 Å². The number of nitrogens with zero attached hydrogens (tertiary/aromatic N) is 3. The molecule has 0 unspecified atom stereocenters. The zero-order valence-electron chi connectivity index (χ0n) is 12.9. The van der Waals surface area contributed by atoms with E-state index >= 15 is 0 Å². The van der Waals surface area contributed by atoms with Crippen LogP contribution in [0.3, 0.4) is 0 Å². The molecule has 3 heteroatoms. The van der Waals surface area contributed by atoms with E-state index in [1.807, 2.05) is 18.5 Å². The highest BCUT2D eigenvalue weighted by molar-refractivity contribution is 5.38. The van der Waals surface area contributed by atoms with Crippen LogP contribution in [0, 0.1) is 39.0 Å². The minimum atomic E-state index is 0.562. The molecule has 0 amide bonds. The first-order valence-electron chi connectivity index (χ1n) is 6.93. The zero-order valence-corrected chi connectivity index (χ0v) is 12.9. The summed E-state index contributed by atoms with van der Waals surface area (Å²) in [6.45, 7) is 8.39. The van der Waals surface area contributed by atoms with Crippen LogP contribution in [-0.2, 0) is 19.9 Å². The lowest BCUT2D eigenvalue weighted by atomic mass is 9.95. The summed E-state index contributed by atoms with van der Waals surface area (Å²) < 4.78 is 2.03. The lowest BCUT2D eigenvalue weighted by molar-refractivity contribution is 0.768. The van der Waals surface area contributed by atoms with Crippen molar-refractivity contribution in [3.05, 3.63) is 51.6 Å². The maximum Gasteiger partial charge on any atom is 0.161 e. The minimum absolute atomic E-state index is 0.562. The van der Waals surface area contributed by atoms with Crippen molar-refractivity contribution in [2.75, 3.05) is 0 Å². The number of hydrogen-bond acceptors (Lipinski definition) is 2. The number of aromatic nitrogens is 2. The molecule has 0 saturated carbocycles. The van der Waals surface area contributed by atoms with Gasteiger partial charge in [-0.2, -0.15) is 5.26 Å². The van der Waals surface area contributed by atoms with Crippen LogP contribution in [0.2, 0.25) is 0 Å². The van der Waals surface area contributed by atoms with Gasteiger partial charge in [0.15, 0.2) is 5.69 Å². The van der Waals surface area contributed by atoms with Gasteiger partial charge in [0.05, 0.1) is 5.69 Å². The van der Waals surface area contributed by atoms with Crippen molar-refractivity contribution in [2.24, 2.45) is 7.05 Å². The molecule has 20 heavy (non-hydrogen) atoms. The molecule has 0 saturated heterocycles. The molecule has 0 aliphatic rings. The van der Waals surface area contributed by atoms with E-state index in [9.17, 15) is 5.26 Å². The topological polar surface area (TPSA) is 41.6 Å². The van der Waals surface area contributed by atoms with Crippen LogP contribution >= 0.6 is 0 Å². The molecule has 0 radical (unpaired) electrons. The summed E-state index contributed by atoms with van der Waals surface area (Å²) in [7, 11) is 1.98. The van der Waals surface area contributed by atoms with E-state index in [0.29, 0.717) is 5.69 Å². The van der Waals surface area contributed by atoms with Gasteiger partial charge < -0.3 is 4.57 Å². The first kappa shape index (κ1) is 14.3. The first-order chi connectivity index (χ1) is 9.43. The Morgan fingerprint density at radius 1 is 1.10 bits per heavy atom. The number of imidazole rings is 1. The van der Waals surface area contributed by atoms with E-state index in [0.717, 1.165) is 24.4 Å². The molecule has 2 rings (SSSR count). The molecule has 0 fully saturated rings. The fourth-order valence-electron chi connectivity index (χ4n) is 2.88. The molecule has 1 heterocycles. The molecule has 0 bridgehead atoms. The van der Waals surface area contributed by atoms with E-state index in [-0.39, 0.29) is 0 Å². The van der Waals surface area contributed by atoms with Gasteiger partial charge >= 0.3 is 0 Å². The monoisotopic (exact) mass is 267 g/mol. The Kier molecular flexibility index (Phi) is 3.94. The standard InChI is InChI=1S/C17H21N3/c1-11-8-12(2)15(13(3)9-11)6-7-17-16(10-18)19-14(4)20(17)5/h8-9H,6-7H2,1-5H3. The van der Waals surface area contributed by atoms with Crippen LogP contribution in [0.1, 0.15) is 39.5 Å². The normalized spacial score (nSPS) is 10.6. The third-order valence-electron chi connectivity index (χ3n) is 4.00. The Morgan fingerprint density at radius 2 is 1.70 bits per heavy atom.